The third kappa shape index (κ3) is 7.44. The first-order valence-electron chi connectivity index (χ1n) is 20.4. The number of para-hydroxylation sites is 1. The summed E-state index contributed by atoms with van der Waals surface area (Å²) in [7, 11) is 0. The quantitative estimate of drug-likeness (QED) is 0.0902. The zero-order valence-corrected chi connectivity index (χ0v) is 34.6. The number of thiophene rings is 1. The fourth-order valence-electron chi connectivity index (χ4n) is 7.65. The number of nitrogens with zero attached hydrogens (tertiary/aromatic N) is 7. The number of hydrogen-bond donors (Lipinski definition) is 0. The fraction of sp³-hybridized carbons (Fsp3) is 0.0370. The minimum absolute atomic E-state index is 0.516. The molecule has 0 radical (unpaired) electrons. The van der Waals surface area contributed by atoms with Gasteiger partial charge in [0.1, 0.15) is 0 Å². The van der Waals surface area contributed by atoms with Crippen molar-refractivity contribution in [2.45, 2.75) is 12.8 Å². The molecule has 0 spiro atoms. The van der Waals surface area contributed by atoms with Gasteiger partial charge in [0.05, 0.1) is 5.52 Å². The van der Waals surface area contributed by atoms with Gasteiger partial charge < -0.3 is 0 Å². The first-order chi connectivity index (χ1) is 30.5. The van der Waals surface area contributed by atoms with Crippen molar-refractivity contribution >= 4 is 48.5 Å². The lowest BCUT2D eigenvalue weighted by molar-refractivity contribution is 0.933. The van der Waals surface area contributed by atoms with Crippen LogP contribution in [0.4, 0.5) is 0 Å². The Morgan fingerprint density at radius 3 is 1.77 bits per heavy atom. The minimum atomic E-state index is 0.516. The molecular weight excluding hydrogens is 779 g/mol. The average Bonchev–Trinajstić information content (AvgIpc) is 3.91. The lowest BCUT2D eigenvalue weighted by Gasteiger charge is -2.10. The molecule has 6 aromatic carbocycles. The molecule has 0 bridgehead atoms. The molecule has 4 heterocycles. The molecule has 62 heavy (non-hydrogen) atoms. The fourth-order valence-corrected chi connectivity index (χ4v) is 8.76. The second-order valence-electron chi connectivity index (χ2n) is 14.9. The molecule has 0 saturated carbocycles. The van der Waals surface area contributed by atoms with Gasteiger partial charge in [0, 0.05) is 65.1 Å². The molecule has 10 aromatic rings. The van der Waals surface area contributed by atoms with Gasteiger partial charge in [-0.25, -0.2) is 19.9 Å². The molecule has 0 N–H and O–H groups in total. The van der Waals surface area contributed by atoms with Crippen LogP contribution in [0.25, 0.3) is 100 Å². The number of aromatic nitrogens is 7. The maximum absolute atomic E-state index is 5.21. The third-order valence-electron chi connectivity index (χ3n) is 10.9. The summed E-state index contributed by atoms with van der Waals surface area (Å²) in [6, 6.07) is 51.3. The van der Waals surface area contributed by atoms with Crippen molar-refractivity contribution in [3.63, 3.8) is 0 Å². The van der Waals surface area contributed by atoms with Crippen LogP contribution in [-0.4, -0.2) is 34.5 Å². The molecule has 0 aliphatic carbocycles. The molecule has 8 heteroatoms. The van der Waals surface area contributed by atoms with Crippen molar-refractivity contribution < 1.29 is 0 Å². The highest BCUT2D eigenvalue weighted by Gasteiger charge is 2.20. The lowest BCUT2D eigenvalue weighted by Crippen LogP contribution is -2.05. The normalized spacial score (nSPS) is 11.5. The van der Waals surface area contributed by atoms with Gasteiger partial charge >= 0.3 is 0 Å². The number of allylic oxidation sites excluding steroid dienone is 4. The van der Waals surface area contributed by atoms with E-state index in [0.717, 1.165) is 88.4 Å². The van der Waals surface area contributed by atoms with Crippen molar-refractivity contribution in [2.75, 3.05) is 0 Å². The van der Waals surface area contributed by atoms with Crippen LogP contribution in [0.15, 0.2) is 201 Å². The van der Waals surface area contributed by atoms with Crippen LogP contribution < -0.4 is 0 Å². The molecule has 0 unspecified atom stereocenters. The maximum atomic E-state index is 5.21. The van der Waals surface area contributed by atoms with E-state index < -0.39 is 0 Å². The van der Waals surface area contributed by atoms with E-state index in [9.17, 15) is 0 Å². The topological polar surface area (TPSA) is 82.3 Å². The smallest absolute Gasteiger partial charge is 0.238 e. The third-order valence-corrected chi connectivity index (χ3v) is 12.0. The van der Waals surface area contributed by atoms with Gasteiger partial charge in [-0.15, -0.1) is 17.9 Å². The second-order valence-corrected chi connectivity index (χ2v) is 16.0. The van der Waals surface area contributed by atoms with E-state index in [1.807, 2.05) is 120 Å². The van der Waals surface area contributed by atoms with Gasteiger partial charge in [-0.3, -0.25) is 4.57 Å². The van der Waals surface area contributed by atoms with E-state index in [-0.39, 0.29) is 0 Å². The molecule has 0 aliphatic rings. The highest BCUT2D eigenvalue weighted by atomic mass is 32.1. The molecule has 0 saturated heterocycles. The predicted molar refractivity (Wildman–Crippen MR) is 257 cm³/mol. The molecule has 4 aromatic heterocycles. The van der Waals surface area contributed by atoms with Crippen LogP contribution in [0.1, 0.15) is 18.4 Å². The van der Waals surface area contributed by atoms with Gasteiger partial charge in [-0.2, -0.15) is 9.97 Å². The summed E-state index contributed by atoms with van der Waals surface area (Å²) in [6.45, 7) is 12.4. The molecule has 0 amide bonds. The van der Waals surface area contributed by atoms with Gasteiger partial charge in [0.25, 0.3) is 0 Å². The Balaban J connectivity index is 1.13. The Hall–Kier alpha value is -7.94. The Morgan fingerprint density at radius 2 is 1.13 bits per heavy atom. The Labute approximate surface area is 363 Å². The zero-order chi connectivity index (χ0) is 42.0. The number of rotatable bonds is 12. The summed E-state index contributed by atoms with van der Waals surface area (Å²) in [5, 5.41) is 3.20. The first-order valence-corrected chi connectivity index (χ1v) is 21.2. The Kier molecular flexibility index (Phi) is 10.3. The molecular formula is C54H39N7S. The van der Waals surface area contributed by atoms with E-state index in [2.05, 4.69) is 80.5 Å². The summed E-state index contributed by atoms with van der Waals surface area (Å²) in [4.78, 5) is 30.6. The molecule has 7 nitrogen and oxygen atoms in total. The van der Waals surface area contributed by atoms with Crippen molar-refractivity contribution in [1.29, 1.82) is 0 Å². The summed E-state index contributed by atoms with van der Waals surface area (Å²) in [6.07, 6.45) is 9.78. The summed E-state index contributed by atoms with van der Waals surface area (Å²) < 4.78 is 4.31. The largest absolute Gasteiger partial charge is 0.285 e. The second kappa shape index (κ2) is 16.6. The highest BCUT2D eigenvalue weighted by Crippen LogP contribution is 2.41. The van der Waals surface area contributed by atoms with Crippen molar-refractivity contribution in [2.24, 2.45) is 0 Å². The van der Waals surface area contributed by atoms with Crippen LogP contribution in [0.3, 0.4) is 0 Å². The van der Waals surface area contributed by atoms with Crippen molar-refractivity contribution in [3.8, 4) is 62.9 Å². The van der Waals surface area contributed by atoms with Crippen LogP contribution in [0.2, 0.25) is 0 Å². The van der Waals surface area contributed by atoms with Gasteiger partial charge in [0.2, 0.25) is 5.95 Å². The van der Waals surface area contributed by atoms with Crippen LogP contribution >= 0.6 is 11.3 Å². The van der Waals surface area contributed by atoms with Crippen molar-refractivity contribution in [1.82, 2.24) is 34.5 Å². The van der Waals surface area contributed by atoms with E-state index in [1.54, 1.807) is 11.3 Å². The Bertz CT molecular complexity index is 3290. The molecule has 0 atom stereocenters. The van der Waals surface area contributed by atoms with Crippen molar-refractivity contribution in [3.05, 3.63) is 206 Å². The van der Waals surface area contributed by atoms with Crippen LogP contribution in [0, 0.1) is 0 Å². The molecule has 0 aliphatic heterocycles. The lowest BCUT2D eigenvalue weighted by atomic mass is 10.0. The molecule has 10 rings (SSSR count). The van der Waals surface area contributed by atoms with Crippen LogP contribution in [-0.2, 0) is 0 Å². The molecule has 0 fully saturated rings. The van der Waals surface area contributed by atoms with E-state index in [0.29, 0.717) is 35.1 Å². The van der Waals surface area contributed by atoms with Crippen LogP contribution in [0.5, 0.6) is 0 Å². The van der Waals surface area contributed by atoms with E-state index in [1.165, 1.54) is 0 Å². The van der Waals surface area contributed by atoms with Gasteiger partial charge in [0.15, 0.2) is 29.1 Å². The number of fused-ring (bicyclic) bond motifs is 4. The SMILES string of the molecule is C=CCCC(=C)C(=C)/C=C\c1cn(-c2nc(-c3ccccc3)nc(-c3ccc4sc5cccc(-c6nc(-c7ccccc7)nc(-c7ccccc7)n6)c5c4c3)n2)c2ccccc12. The van der Waals surface area contributed by atoms with Gasteiger partial charge in [-0.1, -0.05) is 153 Å². The predicted octanol–water partition coefficient (Wildman–Crippen LogP) is 13.8. The van der Waals surface area contributed by atoms with E-state index in [4.69, 9.17) is 29.9 Å². The number of benzene rings is 6. The Morgan fingerprint density at radius 1 is 0.548 bits per heavy atom. The standard InChI is InChI=1S/C54H39N7S/c1-4-5-18-35(2)36(3)29-30-41-34-61(45-27-16-15-25-42(41)45)54-59-51(39-23-13-8-14-24-39)56-52(60-54)40-31-32-46-44(33-40)48-43(26-17-28-47(48)62-46)53-57-49(37-19-9-6-10-20-37)55-50(58-53)38-21-11-7-12-22-38/h4,6-17,19-34H,1-3,5,18H2/b30-29-. The minimum Gasteiger partial charge on any atom is -0.285 e. The number of hydrogen-bond acceptors (Lipinski definition) is 7. The van der Waals surface area contributed by atoms with E-state index >= 15 is 0 Å². The first kappa shape index (κ1) is 38.3. The summed E-state index contributed by atoms with van der Waals surface area (Å²) >= 11 is 1.74. The highest BCUT2D eigenvalue weighted by molar-refractivity contribution is 7.26. The zero-order valence-electron chi connectivity index (χ0n) is 33.8. The van der Waals surface area contributed by atoms with Gasteiger partial charge in [-0.05, 0) is 54.3 Å². The monoisotopic (exact) mass is 817 g/mol. The average molecular weight is 818 g/mol. The molecule has 296 valence electrons. The maximum Gasteiger partial charge on any atom is 0.238 e. The summed E-state index contributed by atoms with van der Waals surface area (Å²) in [5.41, 5.74) is 8.41. The summed E-state index contributed by atoms with van der Waals surface area (Å²) in [5.74, 6) is 3.50.